The number of hydrogen-bond acceptors (Lipinski definition) is 4. The molecule has 1 aliphatic heterocycles. The number of nitrogens with one attached hydrogen (secondary N) is 2. The minimum absolute atomic E-state index is 0.191. The van der Waals surface area contributed by atoms with Gasteiger partial charge in [-0.1, -0.05) is 23.7 Å². The predicted molar refractivity (Wildman–Crippen MR) is 108 cm³/mol. The lowest BCUT2D eigenvalue weighted by molar-refractivity contribution is -0.910. The molecule has 1 aliphatic rings. The van der Waals surface area contributed by atoms with Crippen molar-refractivity contribution in [2.24, 2.45) is 0 Å². The van der Waals surface area contributed by atoms with E-state index in [-0.39, 0.29) is 23.2 Å². The summed E-state index contributed by atoms with van der Waals surface area (Å²) in [6.45, 7) is 1.68. The summed E-state index contributed by atoms with van der Waals surface area (Å²) in [4.78, 5) is 18.5. The number of pyridine rings is 1. The minimum atomic E-state index is -2.92. The van der Waals surface area contributed by atoms with Crippen molar-refractivity contribution in [3.05, 3.63) is 65.2 Å². The Morgan fingerprint density at radius 3 is 2.71 bits per heavy atom. The first-order chi connectivity index (χ1) is 13.4. The van der Waals surface area contributed by atoms with E-state index in [4.69, 9.17) is 11.6 Å². The number of fused-ring (bicyclic) bond motifs is 1. The molecule has 9 heteroatoms. The monoisotopic (exact) mass is 419 g/mol. The third-order valence-corrected chi connectivity index (χ3v) is 6.75. The number of carbonyl (C=O) groups excluding carboxylic acids is 1. The summed E-state index contributed by atoms with van der Waals surface area (Å²) in [5, 5.41) is 3.36. The van der Waals surface area contributed by atoms with Crippen LogP contribution in [0.15, 0.2) is 48.7 Å². The number of amides is 1. The van der Waals surface area contributed by atoms with Crippen LogP contribution < -0.4 is 10.2 Å². The van der Waals surface area contributed by atoms with Crippen molar-refractivity contribution >= 4 is 38.5 Å². The van der Waals surface area contributed by atoms with Crippen LogP contribution >= 0.6 is 11.6 Å². The summed E-state index contributed by atoms with van der Waals surface area (Å²) in [5.74, 6) is 0.340. The van der Waals surface area contributed by atoms with Gasteiger partial charge in [0.25, 0.3) is 5.91 Å². The van der Waals surface area contributed by atoms with Gasteiger partial charge < -0.3 is 10.2 Å². The van der Waals surface area contributed by atoms with Crippen molar-refractivity contribution in [3.63, 3.8) is 0 Å². The number of benzene rings is 1. The van der Waals surface area contributed by atoms with E-state index in [0.29, 0.717) is 30.3 Å². The molecule has 0 radical (unpaired) electrons. The molecule has 1 amide bonds. The van der Waals surface area contributed by atoms with Gasteiger partial charge >= 0.3 is 0 Å². The first-order valence-corrected chi connectivity index (χ1v) is 11.2. The van der Waals surface area contributed by atoms with E-state index < -0.39 is 9.84 Å². The molecule has 0 spiro atoms. The van der Waals surface area contributed by atoms with Gasteiger partial charge in [-0.25, -0.2) is 13.4 Å². The second-order valence-electron chi connectivity index (χ2n) is 6.88. The molecule has 28 heavy (non-hydrogen) atoms. The summed E-state index contributed by atoms with van der Waals surface area (Å²) in [5.41, 5.74) is 2.23. The first kappa shape index (κ1) is 18.9. The van der Waals surface area contributed by atoms with Crippen LogP contribution in [0, 0.1) is 0 Å². The van der Waals surface area contributed by atoms with Gasteiger partial charge in [0, 0.05) is 16.9 Å². The lowest BCUT2D eigenvalue weighted by Crippen LogP contribution is -3.13. The van der Waals surface area contributed by atoms with E-state index in [9.17, 15) is 13.2 Å². The largest absolute Gasteiger partial charge is 0.328 e. The Morgan fingerprint density at radius 1 is 1.18 bits per heavy atom. The second-order valence-corrected chi connectivity index (χ2v) is 9.62. The van der Waals surface area contributed by atoms with Gasteiger partial charge in [0.2, 0.25) is 5.82 Å². The quantitative estimate of drug-likeness (QED) is 0.662. The van der Waals surface area contributed by atoms with Gasteiger partial charge in [0.1, 0.15) is 12.2 Å². The normalized spacial score (nSPS) is 16.9. The van der Waals surface area contributed by atoms with Crippen molar-refractivity contribution in [1.29, 1.82) is 0 Å². The molecule has 1 fully saturated rings. The fourth-order valence-electron chi connectivity index (χ4n) is 3.39. The van der Waals surface area contributed by atoms with Crippen LogP contribution in [0.2, 0.25) is 5.02 Å². The summed E-state index contributed by atoms with van der Waals surface area (Å²) in [6, 6.07) is 12.6. The van der Waals surface area contributed by atoms with E-state index in [1.54, 1.807) is 34.9 Å². The smallest absolute Gasteiger partial charge is 0.292 e. The molecule has 0 atom stereocenters. The van der Waals surface area contributed by atoms with E-state index in [1.807, 2.05) is 18.2 Å². The van der Waals surface area contributed by atoms with Crippen LogP contribution in [0.25, 0.3) is 5.52 Å². The lowest BCUT2D eigenvalue weighted by Gasteiger charge is -2.22. The van der Waals surface area contributed by atoms with Gasteiger partial charge in [-0.3, -0.25) is 9.20 Å². The Hall–Kier alpha value is -2.42. The maximum absolute atomic E-state index is 12.8. The van der Waals surface area contributed by atoms with Gasteiger partial charge in [0.05, 0.1) is 30.1 Å². The SMILES string of the molecule is O=C(Nc1cccc(Cl)c1)c1nc(C[NH+]2CCS(=O)(=O)CC2)c2ccccn12. The number of halogens is 1. The molecule has 0 bridgehead atoms. The third-order valence-electron chi connectivity index (χ3n) is 4.86. The molecule has 2 N–H and O–H groups in total. The number of carbonyl (C=O) groups is 1. The molecule has 3 heterocycles. The highest BCUT2D eigenvalue weighted by Gasteiger charge is 2.27. The Labute approximate surface area is 167 Å². The molecule has 2 aromatic heterocycles. The fraction of sp³-hybridized carbons (Fsp3) is 0.263. The number of rotatable bonds is 4. The summed E-state index contributed by atoms with van der Waals surface area (Å²) >= 11 is 5.98. The zero-order chi connectivity index (χ0) is 19.7. The Kier molecular flexibility index (Phi) is 5.09. The average Bonchev–Trinajstić information content (AvgIpc) is 3.02. The Balaban J connectivity index is 1.60. The van der Waals surface area contributed by atoms with Crippen LogP contribution in [-0.4, -0.2) is 48.3 Å². The van der Waals surface area contributed by atoms with Crippen LogP contribution in [0.4, 0.5) is 5.69 Å². The number of hydrogen-bond donors (Lipinski definition) is 2. The molecule has 0 aliphatic carbocycles. The highest BCUT2D eigenvalue weighted by atomic mass is 35.5. The van der Waals surface area contributed by atoms with Crippen LogP contribution in [0.5, 0.6) is 0 Å². The molecule has 7 nitrogen and oxygen atoms in total. The first-order valence-electron chi connectivity index (χ1n) is 8.98. The maximum Gasteiger partial charge on any atom is 0.292 e. The van der Waals surface area contributed by atoms with Gasteiger partial charge in [-0.2, -0.15) is 0 Å². The van der Waals surface area contributed by atoms with Crippen LogP contribution in [0.1, 0.15) is 16.3 Å². The van der Waals surface area contributed by atoms with Gasteiger partial charge in [0.15, 0.2) is 9.84 Å². The van der Waals surface area contributed by atoms with Crippen molar-refractivity contribution in [2.45, 2.75) is 6.54 Å². The number of sulfone groups is 1. The summed E-state index contributed by atoms with van der Waals surface area (Å²) < 4.78 is 25.1. The summed E-state index contributed by atoms with van der Waals surface area (Å²) in [7, 11) is -2.92. The molecular weight excluding hydrogens is 400 g/mol. The standard InChI is InChI=1S/C19H19ClN4O3S/c20-14-4-3-5-15(12-14)21-19(25)18-22-16(17-6-1-2-7-24(17)18)13-23-8-10-28(26,27)11-9-23/h1-7,12H,8-11,13H2,(H,21,25)/p+1. The number of nitrogens with zero attached hydrogens (tertiary/aromatic N) is 2. The average molecular weight is 420 g/mol. The molecule has 146 valence electrons. The van der Waals surface area contributed by atoms with E-state index >= 15 is 0 Å². The molecule has 3 aromatic rings. The maximum atomic E-state index is 12.8. The van der Waals surface area contributed by atoms with E-state index in [2.05, 4.69) is 10.3 Å². The minimum Gasteiger partial charge on any atom is -0.328 e. The lowest BCUT2D eigenvalue weighted by atomic mass is 10.3. The molecule has 0 unspecified atom stereocenters. The zero-order valence-electron chi connectivity index (χ0n) is 15.1. The Bertz CT molecular complexity index is 1130. The third kappa shape index (κ3) is 4.04. The van der Waals surface area contributed by atoms with Gasteiger partial charge in [-0.15, -0.1) is 0 Å². The van der Waals surface area contributed by atoms with Crippen LogP contribution in [0.3, 0.4) is 0 Å². The number of aromatic nitrogens is 2. The highest BCUT2D eigenvalue weighted by Crippen LogP contribution is 2.17. The Morgan fingerprint density at radius 2 is 1.96 bits per heavy atom. The second kappa shape index (κ2) is 7.54. The van der Waals surface area contributed by atoms with Crippen molar-refractivity contribution < 1.29 is 18.1 Å². The van der Waals surface area contributed by atoms with Crippen LogP contribution in [-0.2, 0) is 16.4 Å². The molecule has 1 saturated heterocycles. The number of imidazole rings is 1. The molecule has 4 rings (SSSR count). The van der Waals surface area contributed by atoms with E-state index in [0.717, 1.165) is 16.1 Å². The van der Waals surface area contributed by atoms with E-state index in [1.165, 1.54) is 0 Å². The topological polar surface area (TPSA) is 85.0 Å². The van der Waals surface area contributed by atoms with Crippen molar-refractivity contribution in [3.8, 4) is 0 Å². The number of quaternary nitrogens is 1. The molecule has 0 saturated carbocycles. The highest BCUT2D eigenvalue weighted by molar-refractivity contribution is 7.91. The van der Waals surface area contributed by atoms with Crippen molar-refractivity contribution in [2.75, 3.05) is 29.9 Å². The van der Waals surface area contributed by atoms with Crippen molar-refractivity contribution in [1.82, 2.24) is 9.38 Å². The molecular formula is C19H20ClN4O3S+. The predicted octanol–water partition coefficient (Wildman–Crippen LogP) is 1.05. The van der Waals surface area contributed by atoms with Gasteiger partial charge in [-0.05, 0) is 30.3 Å². The summed E-state index contributed by atoms with van der Waals surface area (Å²) in [6.07, 6.45) is 1.80. The fourth-order valence-corrected chi connectivity index (χ4v) is 4.98. The number of anilines is 1. The zero-order valence-corrected chi connectivity index (χ0v) is 16.6. The molecule has 1 aromatic carbocycles.